The summed E-state index contributed by atoms with van der Waals surface area (Å²) in [7, 11) is 0. The van der Waals surface area contributed by atoms with E-state index in [2.05, 4.69) is 5.32 Å². The summed E-state index contributed by atoms with van der Waals surface area (Å²) in [5.41, 5.74) is 0.276. The maximum Gasteiger partial charge on any atom is 0.341 e. The topological polar surface area (TPSA) is 109 Å². The molecule has 1 aliphatic heterocycles. The first-order valence-corrected chi connectivity index (χ1v) is 8.18. The zero-order chi connectivity index (χ0) is 19.6. The van der Waals surface area contributed by atoms with E-state index in [0.717, 1.165) is 0 Å². The molecule has 3 rings (SSSR count). The monoisotopic (exact) mass is 386 g/mol. The van der Waals surface area contributed by atoms with Crippen LogP contribution in [0.25, 0.3) is 6.08 Å². The van der Waals surface area contributed by atoms with Gasteiger partial charge in [0.05, 0.1) is 5.69 Å². The van der Waals surface area contributed by atoms with Crippen molar-refractivity contribution in [3.05, 3.63) is 53.5 Å². The summed E-state index contributed by atoms with van der Waals surface area (Å²) in [6.07, 6.45) is 1.35. The van der Waals surface area contributed by atoms with Crippen molar-refractivity contribution in [2.75, 3.05) is 11.5 Å². The molecular formula is C18H14N2O6S. The lowest BCUT2D eigenvalue weighted by atomic mass is 10.1. The van der Waals surface area contributed by atoms with Gasteiger partial charge >= 0.3 is 5.97 Å². The predicted molar refractivity (Wildman–Crippen MR) is 99.2 cm³/mol. The van der Waals surface area contributed by atoms with Crippen molar-refractivity contribution in [3.63, 3.8) is 0 Å². The highest BCUT2D eigenvalue weighted by atomic mass is 32.1. The number of hydrogen-bond donors (Lipinski definition) is 2. The first-order valence-electron chi connectivity index (χ1n) is 7.77. The molecule has 0 saturated carbocycles. The molecule has 138 valence electrons. The summed E-state index contributed by atoms with van der Waals surface area (Å²) in [4.78, 5) is 36.7. The number of amides is 2. The van der Waals surface area contributed by atoms with Crippen molar-refractivity contribution < 1.29 is 28.6 Å². The maximum absolute atomic E-state index is 12.8. The van der Waals surface area contributed by atoms with E-state index in [1.807, 2.05) is 0 Å². The number of thiocarbonyl (C=S) groups is 1. The van der Waals surface area contributed by atoms with Crippen molar-refractivity contribution in [2.24, 2.45) is 0 Å². The number of aryl methyl sites for hydroxylation is 1. The minimum atomic E-state index is -1.10. The zero-order valence-corrected chi connectivity index (χ0v) is 14.9. The Bertz CT molecular complexity index is 960. The van der Waals surface area contributed by atoms with Crippen LogP contribution in [-0.4, -0.2) is 34.6 Å². The number of nitrogens with zero attached hydrogens (tertiary/aromatic N) is 1. The maximum atomic E-state index is 12.8. The van der Waals surface area contributed by atoms with Crippen molar-refractivity contribution in [1.82, 2.24) is 5.32 Å². The molecule has 2 amide bonds. The van der Waals surface area contributed by atoms with Crippen molar-refractivity contribution in [1.29, 1.82) is 0 Å². The second-order valence-electron chi connectivity index (χ2n) is 5.58. The minimum Gasteiger partial charge on any atom is -0.482 e. The smallest absolute Gasteiger partial charge is 0.341 e. The third-order valence-electron chi connectivity index (χ3n) is 3.61. The van der Waals surface area contributed by atoms with Crippen LogP contribution in [0.1, 0.15) is 11.5 Å². The van der Waals surface area contributed by atoms with Crippen molar-refractivity contribution >= 4 is 46.9 Å². The molecule has 0 radical (unpaired) electrons. The quantitative estimate of drug-likeness (QED) is 0.459. The summed E-state index contributed by atoms with van der Waals surface area (Å²) in [5.74, 6) is -0.973. The van der Waals surface area contributed by atoms with Gasteiger partial charge in [-0.3, -0.25) is 19.8 Å². The number of carbonyl (C=O) groups excluding carboxylic acids is 2. The number of carboxylic acid groups (broad SMARTS) is 1. The van der Waals surface area contributed by atoms with E-state index in [1.165, 1.54) is 35.2 Å². The number of rotatable bonds is 5. The van der Waals surface area contributed by atoms with Crippen LogP contribution in [0.15, 0.2) is 46.4 Å². The Morgan fingerprint density at radius 2 is 1.96 bits per heavy atom. The van der Waals surface area contributed by atoms with E-state index < -0.39 is 24.4 Å². The largest absolute Gasteiger partial charge is 0.482 e. The Kier molecular flexibility index (Phi) is 5.04. The molecule has 27 heavy (non-hydrogen) atoms. The van der Waals surface area contributed by atoms with Gasteiger partial charge in [-0.1, -0.05) is 0 Å². The summed E-state index contributed by atoms with van der Waals surface area (Å²) in [5, 5.41) is 11.0. The summed E-state index contributed by atoms with van der Waals surface area (Å²) < 4.78 is 10.4. The first kappa shape index (κ1) is 18.3. The van der Waals surface area contributed by atoms with E-state index in [1.54, 1.807) is 19.1 Å². The fourth-order valence-corrected chi connectivity index (χ4v) is 2.68. The number of hydrogen-bond acceptors (Lipinski definition) is 6. The molecule has 0 aliphatic carbocycles. The third kappa shape index (κ3) is 4.04. The summed E-state index contributed by atoms with van der Waals surface area (Å²) >= 11 is 5.12. The van der Waals surface area contributed by atoms with E-state index >= 15 is 0 Å². The highest BCUT2D eigenvalue weighted by molar-refractivity contribution is 7.80. The lowest BCUT2D eigenvalue weighted by Gasteiger charge is -2.28. The normalized spacial score (nSPS) is 15.8. The van der Waals surface area contributed by atoms with Crippen LogP contribution in [0.3, 0.4) is 0 Å². The molecule has 2 aromatic rings. The van der Waals surface area contributed by atoms with Gasteiger partial charge in [-0.05, 0) is 61.6 Å². The fraction of sp³-hybridized carbons (Fsp3) is 0.111. The molecule has 1 aromatic heterocycles. The average molecular weight is 386 g/mol. The highest BCUT2D eigenvalue weighted by Crippen LogP contribution is 2.24. The lowest BCUT2D eigenvalue weighted by molar-refractivity contribution is -0.139. The molecule has 2 heterocycles. The molecule has 1 aromatic carbocycles. The molecule has 8 nitrogen and oxygen atoms in total. The first-order chi connectivity index (χ1) is 12.8. The molecular weight excluding hydrogens is 372 g/mol. The van der Waals surface area contributed by atoms with Gasteiger partial charge in [-0.15, -0.1) is 0 Å². The Morgan fingerprint density at radius 1 is 1.26 bits per heavy atom. The number of ether oxygens (including phenoxy) is 1. The van der Waals surface area contributed by atoms with Gasteiger partial charge < -0.3 is 14.3 Å². The van der Waals surface area contributed by atoms with Gasteiger partial charge in [0.2, 0.25) is 0 Å². The van der Waals surface area contributed by atoms with Gasteiger partial charge in [-0.2, -0.15) is 0 Å². The molecule has 0 spiro atoms. The second-order valence-corrected chi connectivity index (χ2v) is 5.97. The number of carboxylic acids is 1. The van der Waals surface area contributed by atoms with Crippen molar-refractivity contribution in [2.45, 2.75) is 6.92 Å². The van der Waals surface area contributed by atoms with Gasteiger partial charge in [0, 0.05) is 0 Å². The number of carbonyl (C=O) groups is 3. The van der Waals surface area contributed by atoms with Crippen LogP contribution >= 0.6 is 12.2 Å². The van der Waals surface area contributed by atoms with Crippen molar-refractivity contribution in [3.8, 4) is 5.75 Å². The number of nitrogens with one attached hydrogen (secondary N) is 1. The summed E-state index contributed by atoms with van der Waals surface area (Å²) in [6.45, 7) is 1.27. The highest BCUT2D eigenvalue weighted by Gasteiger charge is 2.34. The van der Waals surface area contributed by atoms with Crippen LogP contribution in [0, 0.1) is 6.92 Å². The predicted octanol–water partition coefficient (Wildman–Crippen LogP) is 1.88. The molecule has 1 saturated heterocycles. The Labute approximate surface area is 159 Å². The number of anilines is 1. The molecule has 2 N–H and O–H groups in total. The lowest BCUT2D eigenvalue weighted by Crippen LogP contribution is -2.54. The molecule has 0 unspecified atom stereocenters. The van der Waals surface area contributed by atoms with Crippen LogP contribution in [0.5, 0.6) is 5.75 Å². The van der Waals surface area contributed by atoms with Crippen LogP contribution in [-0.2, 0) is 14.4 Å². The molecule has 1 aliphatic rings. The van der Waals surface area contributed by atoms with Gasteiger partial charge in [0.1, 0.15) is 22.8 Å². The Morgan fingerprint density at radius 3 is 2.56 bits per heavy atom. The fourth-order valence-electron chi connectivity index (χ4n) is 2.40. The van der Waals surface area contributed by atoms with E-state index in [9.17, 15) is 14.4 Å². The Hall–Kier alpha value is -3.46. The van der Waals surface area contributed by atoms with Crippen LogP contribution in [0.4, 0.5) is 5.69 Å². The third-order valence-corrected chi connectivity index (χ3v) is 3.89. The van der Waals surface area contributed by atoms with Crippen LogP contribution < -0.4 is 15.0 Å². The van der Waals surface area contributed by atoms with Gasteiger partial charge in [-0.25, -0.2) is 4.79 Å². The number of aliphatic carboxylic acids is 1. The average Bonchev–Trinajstić information content (AvgIpc) is 3.03. The van der Waals surface area contributed by atoms with E-state index in [4.69, 9.17) is 26.5 Å². The number of furan rings is 1. The molecule has 0 atom stereocenters. The second kappa shape index (κ2) is 7.42. The number of benzene rings is 1. The zero-order valence-electron chi connectivity index (χ0n) is 14.1. The SMILES string of the molecule is Cc1ccc(/C=C2\C(=O)NC(=S)N(c3ccc(OCC(=O)O)cc3)C2=O)o1. The summed E-state index contributed by atoms with van der Waals surface area (Å²) in [6, 6.07) is 9.44. The van der Waals surface area contributed by atoms with Gasteiger partial charge in [0.15, 0.2) is 11.7 Å². The molecule has 0 bridgehead atoms. The van der Waals surface area contributed by atoms with E-state index in [-0.39, 0.29) is 10.7 Å². The molecule has 1 fully saturated rings. The van der Waals surface area contributed by atoms with Gasteiger partial charge in [0.25, 0.3) is 11.8 Å². The standard InChI is InChI=1S/C18H14N2O6S/c1-10-2-5-13(26-10)8-14-16(23)19-18(27)20(17(14)24)11-3-6-12(7-4-11)25-9-15(21)22/h2-8H,9H2,1H3,(H,21,22)(H,19,23,27)/b14-8+. The molecule has 9 heteroatoms. The Balaban J connectivity index is 1.87. The van der Waals surface area contributed by atoms with E-state index in [0.29, 0.717) is 23.0 Å². The van der Waals surface area contributed by atoms with Crippen LogP contribution in [0.2, 0.25) is 0 Å². The minimum absolute atomic E-state index is 0.0584.